The predicted octanol–water partition coefficient (Wildman–Crippen LogP) is 2.99. The third-order valence-corrected chi connectivity index (χ3v) is 4.06. The van der Waals surface area contributed by atoms with Crippen molar-refractivity contribution in [2.45, 2.75) is 38.8 Å². The molecule has 96 valence electrons. The molecule has 2 atom stereocenters. The lowest BCUT2D eigenvalue weighted by Crippen LogP contribution is -2.50. The Hall–Kier alpha value is -0.860. The molecule has 0 amide bonds. The van der Waals surface area contributed by atoms with Gasteiger partial charge in [0.2, 0.25) is 0 Å². The van der Waals surface area contributed by atoms with Gasteiger partial charge in [-0.2, -0.15) is 0 Å². The lowest BCUT2D eigenvalue weighted by molar-refractivity contribution is 0.117. The number of hydrogen-bond donors (Lipinski definition) is 1. The standard InChI is InChI=1S/C15H26N2/c1-7-15(3,17(5)6)14(16-4)13-10-8-12(2)9-11-13/h8-11,14,16H,7H2,1-6H3. The van der Waals surface area contributed by atoms with Gasteiger partial charge in [-0.1, -0.05) is 36.8 Å². The van der Waals surface area contributed by atoms with E-state index in [4.69, 9.17) is 0 Å². The summed E-state index contributed by atoms with van der Waals surface area (Å²) in [5.74, 6) is 0. The predicted molar refractivity (Wildman–Crippen MR) is 75.4 cm³/mol. The minimum absolute atomic E-state index is 0.129. The minimum Gasteiger partial charge on any atom is -0.311 e. The van der Waals surface area contributed by atoms with Gasteiger partial charge in [0.05, 0.1) is 6.04 Å². The third kappa shape index (κ3) is 2.88. The van der Waals surface area contributed by atoms with Crippen LogP contribution in [0.25, 0.3) is 0 Å². The molecule has 2 heteroatoms. The van der Waals surface area contributed by atoms with Gasteiger partial charge in [-0.15, -0.1) is 0 Å². The van der Waals surface area contributed by atoms with Crippen molar-refractivity contribution in [3.05, 3.63) is 35.4 Å². The number of likely N-dealkylation sites (N-methyl/N-ethyl adjacent to an activating group) is 2. The van der Waals surface area contributed by atoms with Gasteiger partial charge in [0.25, 0.3) is 0 Å². The first-order valence-electron chi connectivity index (χ1n) is 6.37. The molecule has 0 saturated heterocycles. The molecule has 2 nitrogen and oxygen atoms in total. The Kier molecular flexibility index (Phi) is 4.72. The molecular formula is C15H26N2. The van der Waals surface area contributed by atoms with Crippen molar-refractivity contribution >= 4 is 0 Å². The second-order valence-electron chi connectivity index (χ2n) is 5.24. The molecular weight excluding hydrogens is 208 g/mol. The second kappa shape index (κ2) is 5.65. The number of rotatable bonds is 5. The molecule has 0 aliphatic rings. The van der Waals surface area contributed by atoms with E-state index in [2.05, 4.69) is 69.3 Å². The van der Waals surface area contributed by atoms with Gasteiger partial charge in [0, 0.05) is 5.54 Å². The lowest BCUT2D eigenvalue weighted by Gasteiger charge is -2.43. The summed E-state index contributed by atoms with van der Waals surface area (Å²) in [6, 6.07) is 9.18. The highest BCUT2D eigenvalue weighted by atomic mass is 15.2. The Morgan fingerprint density at radius 3 is 2.12 bits per heavy atom. The summed E-state index contributed by atoms with van der Waals surface area (Å²) in [6.45, 7) is 6.69. The second-order valence-corrected chi connectivity index (χ2v) is 5.24. The maximum absolute atomic E-state index is 3.47. The van der Waals surface area contributed by atoms with E-state index in [9.17, 15) is 0 Å². The molecule has 0 aliphatic carbocycles. The van der Waals surface area contributed by atoms with Crippen molar-refractivity contribution in [2.75, 3.05) is 21.1 Å². The van der Waals surface area contributed by atoms with Crippen LogP contribution < -0.4 is 5.32 Å². The smallest absolute Gasteiger partial charge is 0.0501 e. The van der Waals surface area contributed by atoms with E-state index in [0.29, 0.717) is 6.04 Å². The first-order chi connectivity index (χ1) is 7.95. The number of hydrogen-bond acceptors (Lipinski definition) is 2. The zero-order chi connectivity index (χ0) is 13.1. The van der Waals surface area contributed by atoms with E-state index in [-0.39, 0.29) is 5.54 Å². The molecule has 0 bridgehead atoms. The molecule has 0 saturated carbocycles. The maximum atomic E-state index is 3.47. The van der Waals surface area contributed by atoms with Gasteiger partial charge in [-0.25, -0.2) is 0 Å². The summed E-state index contributed by atoms with van der Waals surface area (Å²) in [7, 11) is 6.35. The average molecular weight is 234 g/mol. The van der Waals surface area contributed by atoms with Gasteiger partial charge in [-0.05, 0) is 47.0 Å². The van der Waals surface area contributed by atoms with Crippen LogP contribution in [-0.2, 0) is 0 Å². The van der Waals surface area contributed by atoms with Crippen molar-refractivity contribution < 1.29 is 0 Å². The minimum atomic E-state index is 0.129. The number of benzene rings is 1. The summed E-state index contributed by atoms with van der Waals surface area (Å²) in [4.78, 5) is 2.31. The van der Waals surface area contributed by atoms with E-state index in [1.54, 1.807) is 0 Å². The van der Waals surface area contributed by atoms with Crippen molar-refractivity contribution in [1.29, 1.82) is 0 Å². The first kappa shape index (κ1) is 14.2. The van der Waals surface area contributed by atoms with E-state index in [0.717, 1.165) is 6.42 Å². The van der Waals surface area contributed by atoms with E-state index >= 15 is 0 Å². The first-order valence-corrected chi connectivity index (χ1v) is 6.37. The zero-order valence-electron chi connectivity index (χ0n) is 12.0. The largest absolute Gasteiger partial charge is 0.311 e. The van der Waals surface area contributed by atoms with E-state index < -0.39 is 0 Å². The lowest BCUT2D eigenvalue weighted by atomic mass is 9.83. The maximum Gasteiger partial charge on any atom is 0.0501 e. The molecule has 1 rings (SSSR count). The van der Waals surface area contributed by atoms with E-state index in [1.807, 2.05) is 7.05 Å². The molecule has 0 fully saturated rings. The summed E-state index contributed by atoms with van der Waals surface area (Å²) < 4.78 is 0. The van der Waals surface area contributed by atoms with Crippen LogP contribution in [0.5, 0.6) is 0 Å². The Labute approximate surface area is 106 Å². The van der Waals surface area contributed by atoms with Crippen LogP contribution in [0, 0.1) is 6.92 Å². The molecule has 0 aliphatic heterocycles. The monoisotopic (exact) mass is 234 g/mol. The van der Waals surface area contributed by atoms with Crippen molar-refractivity contribution in [2.24, 2.45) is 0 Å². The van der Waals surface area contributed by atoms with Crippen LogP contribution in [0.4, 0.5) is 0 Å². The fraction of sp³-hybridized carbons (Fsp3) is 0.600. The number of nitrogens with zero attached hydrogens (tertiary/aromatic N) is 1. The van der Waals surface area contributed by atoms with Gasteiger partial charge >= 0.3 is 0 Å². The fourth-order valence-corrected chi connectivity index (χ4v) is 2.37. The highest BCUT2D eigenvalue weighted by Gasteiger charge is 2.34. The molecule has 0 spiro atoms. The molecule has 1 aromatic rings. The molecule has 1 aromatic carbocycles. The van der Waals surface area contributed by atoms with Crippen LogP contribution in [0.15, 0.2) is 24.3 Å². The Bertz CT molecular complexity index is 342. The normalized spacial score (nSPS) is 16.9. The summed E-state index contributed by atoms with van der Waals surface area (Å²) in [6.07, 6.45) is 1.11. The van der Waals surface area contributed by atoms with Crippen molar-refractivity contribution in [3.8, 4) is 0 Å². The Morgan fingerprint density at radius 1 is 1.24 bits per heavy atom. The van der Waals surface area contributed by atoms with Crippen LogP contribution in [-0.4, -0.2) is 31.6 Å². The van der Waals surface area contributed by atoms with Gasteiger partial charge < -0.3 is 10.2 Å². The summed E-state index contributed by atoms with van der Waals surface area (Å²) >= 11 is 0. The summed E-state index contributed by atoms with van der Waals surface area (Å²) in [5, 5.41) is 3.47. The van der Waals surface area contributed by atoms with Gasteiger partial charge in [-0.3, -0.25) is 0 Å². The highest BCUT2D eigenvalue weighted by Crippen LogP contribution is 2.32. The fourth-order valence-electron chi connectivity index (χ4n) is 2.37. The highest BCUT2D eigenvalue weighted by molar-refractivity contribution is 5.26. The number of nitrogens with one attached hydrogen (secondary N) is 1. The Balaban J connectivity index is 3.09. The molecule has 0 heterocycles. The van der Waals surface area contributed by atoms with Crippen molar-refractivity contribution in [1.82, 2.24) is 10.2 Å². The molecule has 0 aromatic heterocycles. The molecule has 17 heavy (non-hydrogen) atoms. The average Bonchev–Trinajstić information content (AvgIpc) is 2.31. The van der Waals surface area contributed by atoms with Crippen LogP contribution in [0.2, 0.25) is 0 Å². The van der Waals surface area contributed by atoms with Crippen LogP contribution in [0.1, 0.15) is 37.4 Å². The SMILES string of the molecule is CCC(C)(C(NC)c1ccc(C)cc1)N(C)C. The van der Waals surface area contributed by atoms with Crippen LogP contribution >= 0.6 is 0 Å². The number of aryl methyl sites for hydroxylation is 1. The Morgan fingerprint density at radius 2 is 1.76 bits per heavy atom. The molecule has 2 unspecified atom stereocenters. The van der Waals surface area contributed by atoms with Gasteiger partial charge in [0.15, 0.2) is 0 Å². The topological polar surface area (TPSA) is 15.3 Å². The third-order valence-electron chi connectivity index (χ3n) is 4.06. The molecule has 1 N–H and O–H groups in total. The zero-order valence-corrected chi connectivity index (χ0v) is 12.0. The quantitative estimate of drug-likeness (QED) is 0.842. The molecule has 0 radical (unpaired) electrons. The summed E-state index contributed by atoms with van der Waals surface area (Å²) in [5.41, 5.74) is 2.80. The van der Waals surface area contributed by atoms with Gasteiger partial charge in [0.1, 0.15) is 0 Å². The van der Waals surface area contributed by atoms with E-state index in [1.165, 1.54) is 11.1 Å². The van der Waals surface area contributed by atoms with Crippen molar-refractivity contribution in [3.63, 3.8) is 0 Å². The van der Waals surface area contributed by atoms with Crippen LogP contribution in [0.3, 0.4) is 0 Å².